The number of hydrogen-bond donors (Lipinski definition) is 3. The van der Waals surface area contributed by atoms with E-state index in [9.17, 15) is 4.79 Å². The molecule has 1 aromatic rings. The second-order valence-electron chi connectivity index (χ2n) is 3.72. The lowest BCUT2D eigenvalue weighted by Crippen LogP contribution is -2.40. The fourth-order valence-corrected chi connectivity index (χ4v) is 1.30. The average molecular weight is 238 g/mol. The highest BCUT2D eigenvalue weighted by atomic mass is 16.5. The van der Waals surface area contributed by atoms with E-state index >= 15 is 0 Å². The second-order valence-corrected chi connectivity index (χ2v) is 3.72. The molecule has 5 heteroatoms. The quantitative estimate of drug-likeness (QED) is 0.642. The number of nitrogens with one attached hydrogen (secondary N) is 2. The number of aliphatic hydroxyl groups is 1. The maximum atomic E-state index is 11.4. The Labute approximate surface area is 101 Å². The van der Waals surface area contributed by atoms with Crippen molar-refractivity contribution in [3.8, 4) is 0 Å². The van der Waals surface area contributed by atoms with Gasteiger partial charge in [-0.2, -0.15) is 0 Å². The minimum atomic E-state index is -0.457. The number of ether oxygens (including phenoxy) is 1. The van der Waals surface area contributed by atoms with Crippen LogP contribution in [0.5, 0.6) is 0 Å². The molecule has 0 radical (unpaired) electrons. The molecule has 0 aliphatic heterocycles. The summed E-state index contributed by atoms with van der Waals surface area (Å²) in [4.78, 5) is 11.4. The molecule has 0 aromatic heterocycles. The van der Waals surface area contributed by atoms with Crippen molar-refractivity contribution in [1.29, 1.82) is 0 Å². The van der Waals surface area contributed by atoms with Gasteiger partial charge < -0.3 is 15.2 Å². The van der Waals surface area contributed by atoms with E-state index in [-0.39, 0.29) is 19.4 Å². The first-order valence-corrected chi connectivity index (χ1v) is 5.51. The Morgan fingerprint density at radius 1 is 1.41 bits per heavy atom. The zero-order valence-electron chi connectivity index (χ0n) is 9.85. The smallest absolute Gasteiger partial charge is 0.407 e. The van der Waals surface area contributed by atoms with Crippen molar-refractivity contribution < 1.29 is 14.6 Å². The highest BCUT2D eigenvalue weighted by Gasteiger charge is 2.07. The Kier molecular flexibility index (Phi) is 6.06. The summed E-state index contributed by atoms with van der Waals surface area (Å²) in [7, 11) is 0. The van der Waals surface area contributed by atoms with Gasteiger partial charge >= 0.3 is 6.09 Å². The summed E-state index contributed by atoms with van der Waals surface area (Å²) in [6, 6.07) is 9.39. The molecule has 0 saturated heterocycles. The van der Waals surface area contributed by atoms with Crippen LogP contribution in [0.15, 0.2) is 30.3 Å². The number of aliphatic hydroxyl groups excluding tert-OH is 1. The van der Waals surface area contributed by atoms with Crippen LogP contribution < -0.4 is 10.6 Å². The van der Waals surface area contributed by atoms with Crippen molar-refractivity contribution in [3.63, 3.8) is 0 Å². The van der Waals surface area contributed by atoms with Crippen molar-refractivity contribution in [1.82, 2.24) is 10.6 Å². The van der Waals surface area contributed by atoms with Gasteiger partial charge in [-0.25, -0.2) is 4.79 Å². The van der Waals surface area contributed by atoms with Gasteiger partial charge in [-0.05, 0) is 12.5 Å². The van der Waals surface area contributed by atoms with E-state index in [0.29, 0.717) is 6.54 Å². The van der Waals surface area contributed by atoms with Crippen LogP contribution in [0, 0.1) is 0 Å². The lowest BCUT2D eigenvalue weighted by Gasteiger charge is -2.13. The Bertz CT molecular complexity index is 330. The number of rotatable bonds is 6. The maximum absolute atomic E-state index is 11.4. The van der Waals surface area contributed by atoms with E-state index < -0.39 is 6.09 Å². The van der Waals surface area contributed by atoms with Gasteiger partial charge in [-0.15, -0.1) is 0 Å². The van der Waals surface area contributed by atoms with Gasteiger partial charge in [0.2, 0.25) is 0 Å². The largest absolute Gasteiger partial charge is 0.445 e. The van der Waals surface area contributed by atoms with E-state index in [4.69, 9.17) is 9.84 Å². The first-order valence-electron chi connectivity index (χ1n) is 5.51. The Morgan fingerprint density at radius 3 is 2.76 bits per heavy atom. The molecule has 0 aliphatic carbocycles. The van der Waals surface area contributed by atoms with Crippen molar-refractivity contribution in [2.24, 2.45) is 0 Å². The number of hydrogen-bond acceptors (Lipinski definition) is 4. The number of benzene rings is 1. The number of amides is 1. The van der Waals surface area contributed by atoms with Crippen molar-refractivity contribution in [2.45, 2.75) is 19.6 Å². The molecule has 0 heterocycles. The molecule has 17 heavy (non-hydrogen) atoms. The molecule has 0 saturated carbocycles. The van der Waals surface area contributed by atoms with Gasteiger partial charge in [0.1, 0.15) is 6.61 Å². The van der Waals surface area contributed by atoms with Crippen molar-refractivity contribution >= 4 is 6.09 Å². The minimum absolute atomic E-state index is 0.0922. The third-order valence-corrected chi connectivity index (χ3v) is 2.14. The molecule has 1 aromatic carbocycles. The van der Waals surface area contributed by atoms with E-state index in [0.717, 1.165) is 5.56 Å². The summed E-state index contributed by atoms with van der Waals surface area (Å²) in [5, 5.41) is 13.9. The van der Waals surface area contributed by atoms with Crippen LogP contribution >= 0.6 is 0 Å². The molecular weight excluding hydrogens is 220 g/mol. The van der Waals surface area contributed by atoms with E-state index in [2.05, 4.69) is 10.6 Å². The highest BCUT2D eigenvalue weighted by molar-refractivity contribution is 5.67. The Hall–Kier alpha value is -1.59. The second kappa shape index (κ2) is 7.65. The molecular formula is C12H18N2O3. The van der Waals surface area contributed by atoms with E-state index in [1.54, 1.807) is 0 Å². The predicted molar refractivity (Wildman–Crippen MR) is 64.3 cm³/mol. The summed E-state index contributed by atoms with van der Waals surface area (Å²) in [6.45, 7) is 2.47. The molecule has 0 fully saturated rings. The average Bonchev–Trinajstić information content (AvgIpc) is 2.35. The first kappa shape index (κ1) is 13.5. The van der Waals surface area contributed by atoms with Crippen LogP contribution in [0.1, 0.15) is 12.5 Å². The lowest BCUT2D eigenvalue weighted by atomic mass is 10.2. The Balaban J connectivity index is 2.21. The van der Waals surface area contributed by atoms with Crippen molar-refractivity contribution in [2.75, 3.05) is 13.3 Å². The van der Waals surface area contributed by atoms with Gasteiger partial charge in [0.25, 0.3) is 0 Å². The monoisotopic (exact) mass is 238 g/mol. The Morgan fingerprint density at radius 2 is 2.12 bits per heavy atom. The molecule has 5 nitrogen and oxygen atoms in total. The van der Waals surface area contributed by atoms with Gasteiger partial charge in [0.05, 0.1) is 6.73 Å². The van der Waals surface area contributed by atoms with Crippen LogP contribution in [0.3, 0.4) is 0 Å². The maximum Gasteiger partial charge on any atom is 0.407 e. The summed E-state index contributed by atoms with van der Waals surface area (Å²) in [5.41, 5.74) is 0.948. The van der Waals surface area contributed by atoms with Crippen LogP contribution in [-0.4, -0.2) is 30.5 Å². The SMILES string of the molecule is C[C@@H](CNCO)NC(=O)OCc1ccccc1. The fraction of sp³-hybridized carbons (Fsp3) is 0.417. The first-order chi connectivity index (χ1) is 8.22. The summed E-state index contributed by atoms with van der Waals surface area (Å²) < 4.78 is 5.04. The minimum Gasteiger partial charge on any atom is -0.445 e. The predicted octanol–water partition coefficient (Wildman–Crippen LogP) is 0.841. The molecule has 94 valence electrons. The number of carbonyl (C=O) groups excluding carboxylic acids is 1. The standard InChI is InChI=1S/C12H18N2O3/c1-10(7-13-9-15)14-12(16)17-8-11-5-3-2-4-6-11/h2-6,10,13,15H,7-9H2,1H3,(H,14,16)/t10-/m0/s1. The summed E-state index contributed by atoms with van der Waals surface area (Å²) in [6.07, 6.45) is -0.457. The molecule has 0 aliphatic rings. The van der Waals surface area contributed by atoms with Crippen LogP contribution in [0.25, 0.3) is 0 Å². The van der Waals surface area contributed by atoms with Crippen molar-refractivity contribution in [3.05, 3.63) is 35.9 Å². The number of alkyl carbamates (subject to hydrolysis) is 1. The van der Waals surface area contributed by atoms with Crippen LogP contribution in [0.4, 0.5) is 4.79 Å². The third kappa shape index (κ3) is 5.89. The topological polar surface area (TPSA) is 70.6 Å². The highest BCUT2D eigenvalue weighted by Crippen LogP contribution is 2.00. The fourth-order valence-electron chi connectivity index (χ4n) is 1.30. The van der Waals surface area contributed by atoms with Crippen LogP contribution in [0.2, 0.25) is 0 Å². The van der Waals surface area contributed by atoms with E-state index in [1.165, 1.54) is 0 Å². The number of carbonyl (C=O) groups is 1. The normalized spacial score (nSPS) is 11.9. The lowest BCUT2D eigenvalue weighted by molar-refractivity contribution is 0.135. The van der Waals surface area contributed by atoms with Crippen LogP contribution in [-0.2, 0) is 11.3 Å². The van der Waals surface area contributed by atoms with Gasteiger partial charge in [-0.1, -0.05) is 30.3 Å². The van der Waals surface area contributed by atoms with Gasteiger partial charge in [-0.3, -0.25) is 5.32 Å². The van der Waals surface area contributed by atoms with Gasteiger partial charge in [0.15, 0.2) is 0 Å². The molecule has 1 amide bonds. The molecule has 0 unspecified atom stereocenters. The van der Waals surface area contributed by atoms with E-state index in [1.807, 2.05) is 37.3 Å². The molecule has 0 spiro atoms. The summed E-state index contributed by atoms with van der Waals surface area (Å²) >= 11 is 0. The zero-order valence-corrected chi connectivity index (χ0v) is 9.85. The summed E-state index contributed by atoms with van der Waals surface area (Å²) in [5.74, 6) is 0. The molecule has 1 rings (SSSR count). The third-order valence-electron chi connectivity index (χ3n) is 2.14. The zero-order chi connectivity index (χ0) is 12.5. The molecule has 0 bridgehead atoms. The molecule has 3 N–H and O–H groups in total. The van der Waals surface area contributed by atoms with Gasteiger partial charge in [0, 0.05) is 12.6 Å². The molecule has 1 atom stereocenters.